The second kappa shape index (κ2) is 3.71. The number of rotatable bonds is 0. The van der Waals surface area contributed by atoms with E-state index in [4.69, 9.17) is 9.47 Å². The fourth-order valence-corrected chi connectivity index (χ4v) is 5.00. The highest BCUT2D eigenvalue weighted by molar-refractivity contribution is 5.02. The Bertz CT molecular complexity index is 304. The van der Waals surface area contributed by atoms with Crippen LogP contribution in [0.5, 0.6) is 0 Å². The van der Waals surface area contributed by atoms with Gasteiger partial charge in [0.25, 0.3) is 0 Å². The lowest BCUT2D eigenvalue weighted by Gasteiger charge is -2.57. The molecule has 0 amide bonds. The van der Waals surface area contributed by atoms with Crippen LogP contribution >= 0.6 is 0 Å². The van der Waals surface area contributed by atoms with Gasteiger partial charge in [-0.15, -0.1) is 0 Å². The summed E-state index contributed by atoms with van der Waals surface area (Å²) in [6.45, 7) is 8.99. The van der Waals surface area contributed by atoms with Gasteiger partial charge in [0, 0.05) is 12.8 Å². The van der Waals surface area contributed by atoms with Crippen molar-refractivity contribution in [2.75, 3.05) is 13.2 Å². The third kappa shape index (κ3) is 1.84. The molecule has 2 aliphatic carbocycles. The minimum absolute atomic E-state index is 0.210. The summed E-state index contributed by atoms with van der Waals surface area (Å²) in [6, 6.07) is 0. The van der Waals surface area contributed by atoms with Crippen molar-refractivity contribution >= 4 is 0 Å². The summed E-state index contributed by atoms with van der Waals surface area (Å²) in [5.41, 5.74) is 0.942. The van der Waals surface area contributed by atoms with Crippen molar-refractivity contribution in [1.29, 1.82) is 0 Å². The van der Waals surface area contributed by atoms with Gasteiger partial charge in [-0.1, -0.05) is 27.2 Å². The normalized spacial score (nSPS) is 43.6. The van der Waals surface area contributed by atoms with Gasteiger partial charge in [-0.05, 0) is 36.0 Å². The Morgan fingerprint density at radius 2 is 1.65 bits per heavy atom. The van der Waals surface area contributed by atoms with Crippen molar-refractivity contribution in [1.82, 2.24) is 0 Å². The van der Waals surface area contributed by atoms with E-state index in [0.717, 1.165) is 32.0 Å². The van der Waals surface area contributed by atoms with E-state index < -0.39 is 0 Å². The highest BCUT2D eigenvalue weighted by atomic mass is 16.7. The van der Waals surface area contributed by atoms with E-state index in [1.807, 2.05) is 0 Å². The van der Waals surface area contributed by atoms with Crippen LogP contribution in [-0.2, 0) is 9.47 Å². The van der Waals surface area contributed by atoms with Gasteiger partial charge in [-0.2, -0.15) is 0 Å². The van der Waals surface area contributed by atoms with Gasteiger partial charge in [0.05, 0.1) is 13.2 Å². The van der Waals surface area contributed by atoms with Crippen LogP contribution in [-0.4, -0.2) is 19.0 Å². The minimum atomic E-state index is -0.210. The van der Waals surface area contributed by atoms with E-state index in [1.54, 1.807) is 0 Å². The molecule has 1 saturated heterocycles. The molecule has 0 aromatic heterocycles. The predicted octanol–water partition coefficient (Wildman–Crippen LogP) is 3.75. The Balaban J connectivity index is 1.85. The SMILES string of the molecule is CC1(C)CCC[C@]2(C)CC3(CCC12)OCCO3. The van der Waals surface area contributed by atoms with Gasteiger partial charge in [0.15, 0.2) is 5.79 Å². The molecule has 2 saturated carbocycles. The minimum Gasteiger partial charge on any atom is -0.348 e. The molecule has 1 spiro atoms. The fraction of sp³-hybridized carbons (Fsp3) is 1.00. The smallest absolute Gasteiger partial charge is 0.169 e. The summed E-state index contributed by atoms with van der Waals surface area (Å²) in [5, 5.41) is 0. The van der Waals surface area contributed by atoms with Gasteiger partial charge < -0.3 is 9.47 Å². The number of hydrogen-bond donors (Lipinski definition) is 0. The highest BCUT2D eigenvalue weighted by Crippen LogP contribution is 2.60. The second-order valence-corrected chi connectivity index (χ2v) is 7.37. The van der Waals surface area contributed by atoms with Crippen molar-refractivity contribution in [3.8, 4) is 0 Å². The van der Waals surface area contributed by atoms with Crippen LogP contribution in [0.1, 0.15) is 59.3 Å². The lowest BCUT2D eigenvalue weighted by Crippen LogP contribution is -2.52. The van der Waals surface area contributed by atoms with Crippen molar-refractivity contribution in [2.24, 2.45) is 16.7 Å². The molecule has 3 rings (SSSR count). The lowest BCUT2D eigenvalue weighted by molar-refractivity contribution is -0.227. The van der Waals surface area contributed by atoms with Crippen LogP contribution in [0.25, 0.3) is 0 Å². The monoisotopic (exact) mass is 238 g/mol. The summed E-state index contributed by atoms with van der Waals surface area (Å²) < 4.78 is 11.9. The van der Waals surface area contributed by atoms with Gasteiger partial charge >= 0.3 is 0 Å². The summed E-state index contributed by atoms with van der Waals surface area (Å²) in [4.78, 5) is 0. The first-order valence-electron chi connectivity index (χ1n) is 7.24. The molecule has 0 radical (unpaired) electrons. The van der Waals surface area contributed by atoms with E-state index in [9.17, 15) is 0 Å². The van der Waals surface area contributed by atoms with E-state index in [-0.39, 0.29) is 5.79 Å². The Kier molecular flexibility index (Phi) is 2.61. The molecule has 3 fully saturated rings. The van der Waals surface area contributed by atoms with Crippen LogP contribution in [0.2, 0.25) is 0 Å². The van der Waals surface area contributed by atoms with Gasteiger partial charge in [-0.3, -0.25) is 0 Å². The first kappa shape index (κ1) is 12.0. The molecule has 1 unspecified atom stereocenters. The Morgan fingerprint density at radius 1 is 0.941 bits per heavy atom. The van der Waals surface area contributed by atoms with Crippen molar-refractivity contribution in [2.45, 2.75) is 65.1 Å². The zero-order valence-corrected chi connectivity index (χ0v) is 11.6. The average Bonchev–Trinajstić information content (AvgIpc) is 2.63. The van der Waals surface area contributed by atoms with Gasteiger partial charge in [-0.25, -0.2) is 0 Å². The van der Waals surface area contributed by atoms with Crippen LogP contribution < -0.4 is 0 Å². The van der Waals surface area contributed by atoms with E-state index in [2.05, 4.69) is 20.8 Å². The third-order valence-electron chi connectivity index (χ3n) is 5.65. The molecule has 1 heterocycles. The molecule has 98 valence electrons. The van der Waals surface area contributed by atoms with Crippen molar-refractivity contribution in [3.05, 3.63) is 0 Å². The summed E-state index contributed by atoms with van der Waals surface area (Å²) in [7, 11) is 0. The highest BCUT2D eigenvalue weighted by Gasteiger charge is 2.55. The predicted molar refractivity (Wildman–Crippen MR) is 67.7 cm³/mol. The second-order valence-electron chi connectivity index (χ2n) is 7.37. The van der Waals surface area contributed by atoms with Gasteiger partial charge in [0.1, 0.15) is 0 Å². The largest absolute Gasteiger partial charge is 0.348 e. The molecule has 2 nitrogen and oxygen atoms in total. The topological polar surface area (TPSA) is 18.5 Å². The quantitative estimate of drug-likeness (QED) is 0.640. The molecule has 0 bridgehead atoms. The van der Waals surface area contributed by atoms with E-state index in [0.29, 0.717) is 10.8 Å². The van der Waals surface area contributed by atoms with Crippen molar-refractivity contribution < 1.29 is 9.47 Å². The molecule has 2 atom stereocenters. The molecule has 0 aromatic carbocycles. The van der Waals surface area contributed by atoms with E-state index in [1.165, 1.54) is 25.7 Å². The number of ether oxygens (including phenoxy) is 2. The molecule has 1 aliphatic heterocycles. The van der Waals surface area contributed by atoms with Crippen molar-refractivity contribution in [3.63, 3.8) is 0 Å². The Labute approximate surface area is 105 Å². The van der Waals surface area contributed by atoms with Crippen LogP contribution in [0, 0.1) is 16.7 Å². The van der Waals surface area contributed by atoms with Gasteiger partial charge in [0.2, 0.25) is 0 Å². The van der Waals surface area contributed by atoms with Crippen LogP contribution in [0.4, 0.5) is 0 Å². The number of fused-ring (bicyclic) bond motifs is 1. The molecule has 0 aromatic rings. The maximum atomic E-state index is 5.94. The summed E-state index contributed by atoms with van der Waals surface area (Å²) >= 11 is 0. The molecule has 2 heteroatoms. The molecule has 0 N–H and O–H groups in total. The third-order valence-corrected chi connectivity index (χ3v) is 5.65. The summed E-state index contributed by atoms with van der Waals surface area (Å²) in [5.74, 6) is 0.640. The molecular formula is C15H26O2. The standard InChI is InChI=1S/C15H26O2/c1-13(2)6-4-7-14(3)11-15(8-5-12(13)14)16-9-10-17-15/h12H,4-11H2,1-3H3/t12?,14-/m1/s1. The molecule has 17 heavy (non-hydrogen) atoms. The Morgan fingerprint density at radius 3 is 2.35 bits per heavy atom. The van der Waals surface area contributed by atoms with Crippen LogP contribution in [0.3, 0.4) is 0 Å². The maximum Gasteiger partial charge on any atom is 0.169 e. The van der Waals surface area contributed by atoms with E-state index >= 15 is 0 Å². The zero-order valence-electron chi connectivity index (χ0n) is 11.6. The lowest BCUT2D eigenvalue weighted by atomic mass is 9.51. The zero-order chi connectivity index (χ0) is 12.1. The average molecular weight is 238 g/mol. The molecule has 3 aliphatic rings. The number of hydrogen-bond acceptors (Lipinski definition) is 2. The first-order chi connectivity index (χ1) is 7.96. The fourth-order valence-electron chi connectivity index (χ4n) is 5.00. The maximum absolute atomic E-state index is 5.94. The Hall–Kier alpha value is -0.0800. The first-order valence-corrected chi connectivity index (χ1v) is 7.24. The van der Waals surface area contributed by atoms with Crippen LogP contribution in [0.15, 0.2) is 0 Å². The molecular weight excluding hydrogens is 212 g/mol. The summed E-state index contributed by atoms with van der Waals surface area (Å²) in [6.07, 6.45) is 7.63.